The number of hydrogen-bond acceptors (Lipinski definition) is 3. The SMILES string of the molecule is NCCCSCc1sc2ccccc2c1Cl. The Morgan fingerprint density at radius 2 is 2.12 bits per heavy atom. The van der Waals surface area contributed by atoms with Crippen LogP contribution in [0.2, 0.25) is 5.02 Å². The van der Waals surface area contributed by atoms with E-state index in [1.165, 1.54) is 15.0 Å². The third kappa shape index (κ3) is 2.72. The lowest BCUT2D eigenvalue weighted by atomic mass is 10.2. The molecule has 16 heavy (non-hydrogen) atoms. The van der Waals surface area contributed by atoms with Crippen LogP contribution in [0.1, 0.15) is 11.3 Å². The van der Waals surface area contributed by atoms with Crippen molar-refractivity contribution in [2.75, 3.05) is 12.3 Å². The van der Waals surface area contributed by atoms with Crippen molar-refractivity contribution in [3.8, 4) is 0 Å². The predicted octanol–water partition coefficient (Wildman–Crippen LogP) is 4.14. The van der Waals surface area contributed by atoms with E-state index in [1.807, 2.05) is 17.8 Å². The molecular formula is C12H14ClNS2. The average Bonchev–Trinajstić information content (AvgIpc) is 2.63. The smallest absolute Gasteiger partial charge is 0.0632 e. The van der Waals surface area contributed by atoms with Gasteiger partial charge in [-0.05, 0) is 24.8 Å². The van der Waals surface area contributed by atoms with Crippen LogP contribution in [0.5, 0.6) is 0 Å². The Kier molecular flexibility index (Phi) is 4.53. The summed E-state index contributed by atoms with van der Waals surface area (Å²) in [6, 6.07) is 8.30. The summed E-state index contributed by atoms with van der Waals surface area (Å²) in [5.74, 6) is 2.11. The first-order valence-electron chi connectivity index (χ1n) is 5.26. The highest BCUT2D eigenvalue weighted by Crippen LogP contribution is 2.37. The molecule has 0 radical (unpaired) electrons. The highest BCUT2D eigenvalue weighted by atomic mass is 35.5. The summed E-state index contributed by atoms with van der Waals surface area (Å²) in [5, 5.41) is 2.12. The fraction of sp³-hybridized carbons (Fsp3) is 0.333. The fourth-order valence-electron chi connectivity index (χ4n) is 1.51. The molecule has 0 unspecified atom stereocenters. The number of rotatable bonds is 5. The van der Waals surface area contributed by atoms with Crippen LogP contribution in [0.3, 0.4) is 0 Å². The van der Waals surface area contributed by atoms with Gasteiger partial charge in [0.05, 0.1) is 5.02 Å². The van der Waals surface area contributed by atoms with E-state index < -0.39 is 0 Å². The molecule has 0 fully saturated rings. The minimum Gasteiger partial charge on any atom is -0.330 e. The van der Waals surface area contributed by atoms with Gasteiger partial charge in [-0.25, -0.2) is 0 Å². The lowest BCUT2D eigenvalue weighted by molar-refractivity contribution is 0.943. The molecule has 2 aromatic rings. The molecule has 1 heterocycles. The molecule has 1 aromatic heterocycles. The number of fused-ring (bicyclic) bond motifs is 1. The van der Waals surface area contributed by atoms with Crippen molar-refractivity contribution in [1.29, 1.82) is 0 Å². The second-order valence-corrected chi connectivity index (χ2v) is 6.15. The topological polar surface area (TPSA) is 26.0 Å². The molecule has 0 aliphatic carbocycles. The lowest BCUT2D eigenvalue weighted by Gasteiger charge is -1.98. The van der Waals surface area contributed by atoms with Gasteiger partial charge in [0.15, 0.2) is 0 Å². The van der Waals surface area contributed by atoms with Gasteiger partial charge in [-0.2, -0.15) is 11.8 Å². The number of thiophene rings is 1. The van der Waals surface area contributed by atoms with Gasteiger partial charge in [0.1, 0.15) is 0 Å². The third-order valence-electron chi connectivity index (χ3n) is 2.33. The Hall–Kier alpha value is -0.220. The summed E-state index contributed by atoms with van der Waals surface area (Å²) in [7, 11) is 0. The maximum Gasteiger partial charge on any atom is 0.0632 e. The van der Waals surface area contributed by atoms with Crippen molar-refractivity contribution >= 4 is 44.8 Å². The summed E-state index contributed by atoms with van der Waals surface area (Å²) < 4.78 is 1.28. The number of halogens is 1. The summed E-state index contributed by atoms with van der Waals surface area (Å²) in [6.07, 6.45) is 1.08. The van der Waals surface area contributed by atoms with Gasteiger partial charge < -0.3 is 5.73 Å². The Morgan fingerprint density at radius 3 is 2.88 bits per heavy atom. The molecule has 1 nitrogen and oxygen atoms in total. The average molecular weight is 272 g/mol. The van der Waals surface area contributed by atoms with Gasteiger partial charge in [0.2, 0.25) is 0 Å². The van der Waals surface area contributed by atoms with Crippen LogP contribution >= 0.6 is 34.7 Å². The Bertz CT molecular complexity index is 467. The molecule has 0 atom stereocenters. The van der Waals surface area contributed by atoms with E-state index in [-0.39, 0.29) is 0 Å². The molecule has 0 aliphatic rings. The Morgan fingerprint density at radius 1 is 1.31 bits per heavy atom. The number of benzene rings is 1. The van der Waals surface area contributed by atoms with E-state index in [9.17, 15) is 0 Å². The lowest BCUT2D eigenvalue weighted by Crippen LogP contribution is -1.99. The van der Waals surface area contributed by atoms with Crippen molar-refractivity contribution in [1.82, 2.24) is 0 Å². The van der Waals surface area contributed by atoms with Gasteiger partial charge >= 0.3 is 0 Å². The van der Waals surface area contributed by atoms with Crippen molar-refractivity contribution < 1.29 is 0 Å². The zero-order chi connectivity index (χ0) is 11.4. The molecule has 2 rings (SSSR count). The molecule has 0 saturated carbocycles. The van der Waals surface area contributed by atoms with Gasteiger partial charge in [-0.1, -0.05) is 29.8 Å². The maximum absolute atomic E-state index is 6.34. The first kappa shape index (κ1) is 12.2. The Balaban J connectivity index is 2.09. The highest BCUT2D eigenvalue weighted by Gasteiger charge is 2.09. The van der Waals surface area contributed by atoms with Crippen LogP contribution in [-0.2, 0) is 5.75 Å². The van der Waals surface area contributed by atoms with Crippen LogP contribution < -0.4 is 5.73 Å². The Labute approximate surface area is 109 Å². The fourth-order valence-corrected chi connectivity index (χ4v) is 4.21. The van der Waals surface area contributed by atoms with E-state index in [2.05, 4.69) is 18.2 Å². The quantitative estimate of drug-likeness (QED) is 0.828. The molecule has 1 aromatic carbocycles. The summed E-state index contributed by atoms with van der Waals surface area (Å²) in [4.78, 5) is 1.28. The van der Waals surface area contributed by atoms with Crippen LogP contribution in [0.15, 0.2) is 24.3 Å². The second kappa shape index (κ2) is 5.92. The molecule has 4 heteroatoms. The number of hydrogen-bond donors (Lipinski definition) is 1. The van der Waals surface area contributed by atoms with Gasteiger partial charge in [-0.15, -0.1) is 11.3 Å². The van der Waals surface area contributed by atoms with Crippen molar-refractivity contribution in [3.63, 3.8) is 0 Å². The van der Waals surface area contributed by atoms with Crippen LogP contribution in [0, 0.1) is 0 Å². The van der Waals surface area contributed by atoms with Crippen LogP contribution in [0.4, 0.5) is 0 Å². The van der Waals surface area contributed by atoms with Gasteiger partial charge in [0, 0.05) is 20.7 Å². The largest absolute Gasteiger partial charge is 0.330 e. The summed E-state index contributed by atoms with van der Waals surface area (Å²) in [5.41, 5.74) is 5.46. The molecule has 86 valence electrons. The minimum absolute atomic E-state index is 0.771. The first-order chi connectivity index (χ1) is 7.83. The van der Waals surface area contributed by atoms with Gasteiger partial charge in [0.25, 0.3) is 0 Å². The third-order valence-corrected chi connectivity index (χ3v) is 5.29. The second-order valence-electron chi connectivity index (χ2n) is 3.53. The van der Waals surface area contributed by atoms with E-state index in [4.69, 9.17) is 17.3 Å². The normalized spacial score (nSPS) is 11.1. The zero-order valence-corrected chi connectivity index (χ0v) is 11.3. The van der Waals surface area contributed by atoms with Gasteiger partial charge in [-0.3, -0.25) is 0 Å². The van der Waals surface area contributed by atoms with Crippen molar-refractivity contribution in [3.05, 3.63) is 34.2 Å². The minimum atomic E-state index is 0.771. The molecular weight excluding hydrogens is 258 g/mol. The summed E-state index contributed by atoms with van der Waals surface area (Å²) in [6.45, 7) is 0.771. The predicted molar refractivity (Wildman–Crippen MR) is 76.7 cm³/mol. The van der Waals surface area contributed by atoms with E-state index in [1.54, 1.807) is 11.3 Å². The highest BCUT2D eigenvalue weighted by molar-refractivity contribution is 7.98. The zero-order valence-electron chi connectivity index (χ0n) is 8.91. The molecule has 0 amide bonds. The monoisotopic (exact) mass is 271 g/mol. The molecule has 0 bridgehead atoms. The van der Waals surface area contributed by atoms with Crippen molar-refractivity contribution in [2.24, 2.45) is 5.73 Å². The number of nitrogens with two attached hydrogens (primary N) is 1. The van der Waals surface area contributed by atoms with E-state index >= 15 is 0 Å². The van der Waals surface area contributed by atoms with E-state index in [0.29, 0.717) is 0 Å². The molecule has 0 aliphatic heterocycles. The van der Waals surface area contributed by atoms with E-state index in [0.717, 1.165) is 29.5 Å². The first-order valence-corrected chi connectivity index (χ1v) is 7.61. The van der Waals surface area contributed by atoms with Crippen LogP contribution in [-0.4, -0.2) is 12.3 Å². The molecule has 2 N–H and O–H groups in total. The standard InChI is InChI=1S/C12H14ClNS2/c13-12-9-4-1-2-5-10(9)16-11(12)8-15-7-3-6-14/h1-2,4-5H,3,6-8,14H2. The molecule has 0 saturated heterocycles. The van der Waals surface area contributed by atoms with Crippen molar-refractivity contribution in [2.45, 2.75) is 12.2 Å². The van der Waals surface area contributed by atoms with Crippen LogP contribution in [0.25, 0.3) is 10.1 Å². The molecule has 0 spiro atoms. The number of thioether (sulfide) groups is 1. The maximum atomic E-state index is 6.34. The summed E-state index contributed by atoms with van der Waals surface area (Å²) >= 11 is 10.0.